The van der Waals surface area contributed by atoms with E-state index < -0.39 is 5.63 Å². The van der Waals surface area contributed by atoms with E-state index in [1.54, 1.807) is 18.2 Å². The summed E-state index contributed by atoms with van der Waals surface area (Å²) in [6, 6.07) is 6.02. The first-order chi connectivity index (χ1) is 7.24. The summed E-state index contributed by atoms with van der Waals surface area (Å²) in [5, 5.41) is 0.613. The Balaban J connectivity index is 2.85. The van der Waals surface area contributed by atoms with Crippen molar-refractivity contribution in [3.05, 3.63) is 40.2 Å². The molecule has 0 aliphatic carbocycles. The lowest BCUT2D eigenvalue weighted by atomic mass is 10.1. The highest BCUT2D eigenvalue weighted by molar-refractivity contribution is 5.89. The van der Waals surface area contributed by atoms with Crippen LogP contribution in [-0.2, 0) is 0 Å². The monoisotopic (exact) mass is 204 g/mol. The first kappa shape index (κ1) is 9.45. The molecular weight excluding hydrogens is 196 g/mol. The van der Waals surface area contributed by atoms with Crippen molar-refractivity contribution in [3.63, 3.8) is 0 Å². The number of hydrogen-bond donors (Lipinski definition) is 0. The van der Waals surface area contributed by atoms with Gasteiger partial charge < -0.3 is 9.15 Å². The van der Waals surface area contributed by atoms with Crippen molar-refractivity contribution >= 4 is 17.3 Å². The second kappa shape index (κ2) is 3.57. The zero-order valence-electron chi connectivity index (χ0n) is 8.02. The molecule has 0 aliphatic rings. The van der Waals surface area contributed by atoms with Gasteiger partial charge in [-0.15, -0.1) is 0 Å². The lowest BCUT2D eigenvalue weighted by molar-refractivity contribution is 0.112. The van der Waals surface area contributed by atoms with E-state index in [-0.39, 0.29) is 0 Å². The van der Waals surface area contributed by atoms with E-state index in [2.05, 4.69) is 0 Å². The number of methoxy groups -OCH3 is 1. The quantitative estimate of drug-likeness (QED) is 0.551. The topological polar surface area (TPSA) is 56.5 Å². The van der Waals surface area contributed by atoms with E-state index in [1.165, 1.54) is 13.2 Å². The highest BCUT2D eigenvalue weighted by Gasteiger charge is 2.06. The minimum atomic E-state index is -0.474. The summed E-state index contributed by atoms with van der Waals surface area (Å²) in [6.45, 7) is 0. The van der Waals surface area contributed by atoms with Crippen LogP contribution in [0, 0.1) is 0 Å². The number of hydrogen-bond acceptors (Lipinski definition) is 4. The third-order valence-electron chi connectivity index (χ3n) is 2.08. The minimum Gasteiger partial charge on any atom is -0.496 e. The predicted octanol–water partition coefficient (Wildman–Crippen LogP) is 1.61. The third-order valence-corrected chi connectivity index (χ3v) is 2.08. The van der Waals surface area contributed by atoms with Crippen LogP contribution >= 0.6 is 0 Å². The number of rotatable bonds is 2. The van der Waals surface area contributed by atoms with Gasteiger partial charge in [0.25, 0.3) is 0 Å². The summed E-state index contributed by atoms with van der Waals surface area (Å²) in [5.74, 6) is 0.407. The number of carbonyl (C=O) groups excluding carboxylic acids is 1. The van der Waals surface area contributed by atoms with Crippen molar-refractivity contribution in [2.45, 2.75) is 0 Å². The molecule has 1 heterocycles. The second-order valence-corrected chi connectivity index (χ2v) is 3.01. The molecule has 4 nitrogen and oxygen atoms in total. The summed E-state index contributed by atoms with van der Waals surface area (Å²) in [5.41, 5.74) is 0.442. The molecule has 2 rings (SSSR count). The Morgan fingerprint density at radius 1 is 1.33 bits per heavy atom. The largest absolute Gasteiger partial charge is 0.496 e. The predicted molar refractivity (Wildman–Crippen MR) is 54.4 cm³/mol. The van der Waals surface area contributed by atoms with E-state index in [1.807, 2.05) is 0 Å². The summed E-state index contributed by atoms with van der Waals surface area (Å²) in [6.07, 6.45) is 0.726. The Labute approximate surface area is 85.1 Å². The Bertz CT molecular complexity index is 568. The SMILES string of the molecule is COc1cc(=O)oc2ccc(C=O)cc12. The molecule has 0 unspecified atom stereocenters. The van der Waals surface area contributed by atoms with Crippen molar-refractivity contribution in [3.8, 4) is 5.75 Å². The van der Waals surface area contributed by atoms with E-state index in [0.717, 1.165) is 6.29 Å². The molecule has 0 saturated carbocycles. The van der Waals surface area contributed by atoms with Crippen LogP contribution in [0.1, 0.15) is 10.4 Å². The van der Waals surface area contributed by atoms with E-state index in [0.29, 0.717) is 22.3 Å². The van der Waals surface area contributed by atoms with Crippen LogP contribution in [0.25, 0.3) is 11.0 Å². The van der Waals surface area contributed by atoms with Gasteiger partial charge in [0.2, 0.25) is 0 Å². The van der Waals surface area contributed by atoms with Crippen molar-refractivity contribution < 1.29 is 13.9 Å². The van der Waals surface area contributed by atoms with Gasteiger partial charge in [-0.1, -0.05) is 0 Å². The maximum absolute atomic E-state index is 11.1. The fourth-order valence-corrected chi connectivity index (χ4v) is 1.39. The van der Waals surface area contributed by atoms with Gasteiger partial charge in [-0.3, -0.25) is 4.79 Å². The summed E-state index contributed by atoms with van der Waals surface area (Å²) in [4.78, 5) is 21.7. The lowest BCUT2D eigenvalue weighted by Crippen LogP contribution is -1.99. The standard InChI is InChI=1S/C11H8O4/c1-14-10-5-11(13)15-9-3-2-7(6-12)4-8(9)10/h2-6H,1H3. The van der Waals surface area contributed by atoms with E-state index in [9.17, 15) is 9.59 Å². The van der Waals surface area contributed by atoms with Gasteiger partial charge in [0, 0.05) is 5.56 Å². The molecule has 15 heavy (non-hydrogen) atoms. The summed E-state index contributed by atoms with van der Waals surface area (Å²) >= 11 is 0. The Morgan fingerprint density at radius 3 is 2.80 bits per heavy atom. The van der Waals surface area contributed by atoms with E-state index >= 15 is 0 Å². The number of carbonyl (C=O) groups is 1. The van der Waals surface area contributed by atoms with Gasteiger partial charge >= 0.3 is 5.63 Å². The fourth-order valence-electron chi connectivity index (χ4n) is 1.39. The van der Waals surface area contributed by atoms with Gasteiger partial charge in [0.1, 0.15) is 17.6 Å². The smallest absolute Gasteiger partial charge is 0.339 e. The Morgan fingerprint density at radius 2 is 2.13 bits per heavy atom. The first-order valence-corrected chi connectivity index (χ1v) is 4.31. The molecule has 0 atom stereocenters. The summed E-state index contributed by atoms with van der Waals surface area (Å²) < 4.78 is 9.98. The van der Waals surface area contributed by atoms with Crippen LogP contribution in [0.5, 0.6) is 5.75 Å². The molecule has 0 saturated heterocycles. The zero-order valence-corrected chi connectivity index (χ0v) is 8.02. The van der Waals surface area contributed by atoms with Crippen molar-refractivity contribution in [2.24, 2.45) is 0 Å². The molecule has 1 aromatic carbocycles. The number of fused-ring (bicyclic) bond motifs is 1. The number of aldehydes is 1. The van der Waals surface area contributed by atoms with E-state index in [4.69, 9.17) is 9.15 Å². The minimum absolute atomic E-state index is 0.407. The van der Waals surface area contributed by atoms with Gasteiger partial charge in [-0.2, -0.15) is 0 Å². The number of benzene rings is 1. The molecule has 1 aromatic heterocycles. The number of ether oxygens (including phenoxy) is 1. The molecule has 0 aliphatic heterocycles. The fraction of sp³-hybridized carbons (Fsp3) is 0.0909. The molecule has 0 fully saturated rings. The van der Waals surface area contributed by atoms with Crippen molar-refractivity contribution in [1.82, 2.24) is 0 Å². The van der Waals surface area contributed by atoms with Crippen molar-refractivity contribution in [2.75, 3.05) is 7.11 Å². The maximum Gasteiger partial charge on any atom is 0.339 e. The van der Waals surface area contributed by atoms with Crippen LogP contribution in [0.2, 0.25) is 0 Å². The molecule has 0 radical (unpaired) electrons. The molecular formula is C11H8O4. The molecule has 0 amide bonds. The summed E-state index contributed by atoms with van der Waals surface area (Å²) in [7, 11) is 1.46. The highest BCUT2D eigenvalue weighted by Crippen LogP contribution is 2.23. The normalized spacial score (nSPS) is 10.2. The second-order valence-electron chi connectivity index (χ2n) is 3.01. The molecule has 76 valence electrons. The lowest BCUT2D eigenvalue weighted by Gasteiger charge is -2.03. The Kier molecular flexibility index (Phi) is 2.25. The average molecular weight is 204 g/mol. The van der Waals surface area contributed by atoms with Gasteiger partial charge in [-0.05, 0) is 18.2 Å². The highest BCUT2D eigenvalue weighted by atomic mass is 16.5. The van der Waals surface area contributed by atoms with Gasteiger partial charge in [-0.25, -0.2) is 4.79 Å². The van der Waals surface area contributed by atoms with Crippen molar-refractivity contribution in [1.29, 1.82) is 0 Å². The van der Waals surface area contributed by atoms with Crippen LogP contribution in [-0.4, -0.2) is 13.4 Å². The molecule has 0 spiro atoms. The van der Waals surface area contributed by atoms with Gasteiger partial charge in [0.05, 0.1) is 18.6 Å². The van der Waals surface area contributed by atoms with Crippen LogP contribution in [0.15, 0.2) is 33.5 Å². The Hall–Kier alpha value is -2.10. The third kappa shape index (κ3) is 1.61. The molecule has 0 bridgehead atoms. The van der Waals surface area contributed by atoms with Crippen LogP contribution in [0.3, 0.4) is 0 Å². The molecule has 2 aromatic rings. The molecule has 0 N–H and O–H groups in total. The zero-order chi connectivity index (χ0) is 10.8. The maximum atomic E-state index is 11.1. The first-order valence-electron chi connectivity index (χ1n) is 4.31. The van der Waals surface area contributed by atoms with Gasteiger partial charge in [0.15, 0.2) is 0 Å². The molecule has 4 heteroatoms. The average Bonchev–Trinajstić information content (AvgIpc) is 2.27. The van der Waals surface area contributed by atoms with Crippen LogP contribution in [0.4, 0.5) is 0 Å². The van der Waals surface area contributed by atoms with Crippen LogP contribution < -0.4 is 10.4 Å².